The molecular formula is C36H64N2. The standard InChI is InChI=1S/C36H64N2/c1-5-37(6-2)33-23-19-31(20-24-33)36(32-21-25-34(26-22-32)38(7-3)8-4)28-27-35(29-15-11-9-12-16-29)30-17-13-10-14-18-30/h27-34H,5-26H2,1-4H3. The molecule has 0 atom stereocenters. The SMILES string of the molecule is CCN(CC)C1CCC(C(=CC=C(C2CCCCC2)C2CCCCC2)C2CCC(N(CC)CC)CC2)CC1. The molecule has 0 amide bonds. The summed E-state index contributed by atoms with van der Waals surface area (Å²) in [7, 11) is 0. The maximum Gasteiger partial charge on any atom is 0.00954 e. The first-order valence-corrected chi connectivity index (χ1v) is 17.6. The quantitative estimate of drug-likeness (QED) is 0.248. The van der Waals surface area contributed by atoms with Gasteiger partial charge in [-0.05, 0) is 127 Å². The molecule has 0 bridgehead atoms. The maximum absolute atomic E-state index is 2.78. The molecule has 0 saturated heterocycles. The van der Waals surface area contributed by atoms with E-state index in [0.717, 1.165) is 35.8 Å². The number of hydrogen-bond donors (Lipinski definition) is 0. The van der Waals surface area contributed by atoms with Crippen LogP contribution < -0.4 is 0 Å². The van der Waals surface area contributed by atoms with Crippen LogP contribution in [0.5, 0.6) is 0 Å². The molecular weight excluding hydrogens is 460 g/mol. The topological polar surface area (TPSA) is 6.48 Å². The van der Waals surface area contributed by atoms with Crippen molar-refractivity contribution in [2.45, 2.75) is 155 Å². The summed E-state index contributed by atoms with van der Waals surface area (Å²) in [5.41, 5.74) is 3.79. The van der Waals surface area contributed by atoms with Crippen molar-refractivity contribution in [1.29, 1.82) is 0 Å². The van der Waals surface area contributed by atoms with E-state index in [1.54, 1.807) is 0 Å². The summed E-state index contributed by atoms with van der Waals surface area (Å²) in [4.78, 5) is 5.47. The van der Waals surface area contributed by atoms with Crippen LogP contribution in [0, 0.1) is 23.7 Å². The first-order valence-electron chi connectivity index (χ1n) is 17.6. The molecule has 0 unspecified atom stereocenters. The van der Waals surface area contributed by atoms with Crippen molar-refractivity contribution < 1.29 is 0 Å². The zero-order chi connectivity index (χ0) is 26.7. The second-order valence-electron chi connectivity index (χ2n) is 13.5. The summed E-state index contributed by atoms with van der Waals surface area (Å²) >= 11 is 0. The van der Waals surface area contributed by atoms with E-state index in [1.807, 2.05) is 11.1 Å². The van der Waals surface area contributed by atoms with Gasteiger partial charge in [0.05, 0.1) is 0 Å². The Morgan fingerprint density at radius 1 is 0.421 bits per heavy atom. The molecule has 4 saturated carbocycles. The average molecular weight is 525 g/mol. The minimum Gasteiger partial charge on any atom is -0.301 e. The smallest absolute Gasteiger partial charge is 0.00954 e. The third-order valence-electron chi connectivity index (χ3n) is 11.6. The van der Waals surface area contributed by atoms with Crippen molar-refractivity contribution in [2.24, 2.45) is 23.7 Å². The molecule has 0 spiro atoms. The van der Waals surface area contributed by atoms with Gasteiger partial charge < -0.3 is 9.80 Å². The van der Waals surface area contributed by atoms with E-state index in [-0.39, 0.29) is 0 Å². The molecule has 0 aromatic rings. The van der Waals surface area contributed by atoms with E-state index in [9.17, 15) is 0 Å². The maximum atomic E-state index is 2.78. The summed E-state index contributed by atoms with van der Waals surface area (Å²) < 4.78 is 0. The molecule has 38 heavy (non-hydrogen) atoms. The Balaban J connectivity index is 1.55. The molecule has 2 heteroatoms. The van der Waals surface area contributed by atoms with Crippen molar-refractivity contribution in [3.8, 4) is 0 Å². The highest BCUT2D eigenvalue weighted by Crippen LogP contribution is 2.43. The number of rotatable bonds is 11. The van der Waals surface area contributed by atoms with Crippen molar-refractivity contribution >= 4 is 0 Å². The van der Waals surface area contributed by atoms with E-state index in [0.29, 0.717) is 0 Å². The summed E-state index contributed by atoms with van der Waals surface area (Å²) in [5.74, 6) is 3.46. The Morgan fingerprint density at radius 2 is 0.711 bits per heavy atom. The third kappa shape index (κ3) is 7.99. The fourth-order valence-electron chi connectivity index (χ4n) is 9.30. The largest absolute Gasteiger partial charge is 0.301 e. The van der Waals surface area contributed by atoms with Gasteiger partial charge in [0, 0.05) is 12.1 Å². The van der Waals surface area contributed by atoms with Crippen LogP contribution in [0.3, 0.4) is 0 Å². The number of allylic oxidation sites excluding steroid dienone is 4. The zero-order valence-electron chi connectivity index (χ0n) is 26.1. The molecule has 0 aliphatic heterocycles. The molecule has 4 rings (SSSR count). The first-order chi connectivity index (χ1) is 18.7. The molecule has 4 aliphatic carbocycles. The van der Waals surface area contributed by atoms with Gasteiger partial charge in [-0.15, -0.1) is 0 Å². The summed E-state index contributed by atoms with van der Waals surface area (Å²) in [6.07, 6.45) is 31.6. The van der Waals surface area contributed by atoms with Crippen LogP contribution >= 0.6 is 0 Å². The van der Waals surface area contributed by atoms with E-state index in [2.05, 4.69) is 49.6 Å². The molecule has 2 nitrogen and oxygen atoms in total. The van der Waals surface area contributed by atoms with Gasteiger partial charge in [0.15, 0.2) is 0 Å². The molecule has 0 N–H and O–H groups in total. The molecule has 0 aromatic carbocycles. The summed E-state index contributed by atoms with van der Waals surface area (Å²) in [6.45, 7) is 14.3. The fraction of sp³-hybridized carbons (Fsp3) is 0.889. The number of hydrogen-bond acceptors (Lipinski definition) is 2. The van der Waals surface area contributed by atoms with Gasteiger partial charge >= 0.3 is 0 Å². The van der Waals surface area contributed by atoms with Gasteiger partial charge in [-0.2, -0.15) is 0 Å². The Kier molecular flexibility index (Phi) is 12.8. The van der Waals surface area contributed by atoms with Gasteiger partial charge in [-0.3, -0.25) is 0 Å². The lowest BCUT2D eigenvalue weighted by Gasteiger charge is -2.41. The second kappa shape index (κ2) is 16.0. The van der Waals surface area contributed by atoms with E-state index in [1.165, 1.54) is 142 Å². The third-order valence-corrected chi connectivity index (χ3v) is 11.6. The number of nitrogens with zero attached hydrogens (tertiary/aromatic N) is 2. The molecule has 4 aliphatic rings. The predicted molar refractivity (Wildman–Crippen MR) is 167 cm³/mol. The van der Waals surface area contributed by atoms with Crippen LogP contribution in [0.25, 0.3) is 0 Å². The fourth-order valence-corrected chi connectivity index (χ4v) is 9.30. The summed E-state index contributed by atoms with van der Waals surface area (Å²) in [5, 5.41) is 0. The van der Waals surface area contributed by atoms with Crippen molar-refractivity contribution in [2.75, 3.05) is 26.2 Å². The lowest BCUT2D eigenvalue weighted by Crippen LogP contribution is -2.40. The summed E-state index contributed by atoms with van der Waals surface area (Å²) in [6, 6.07) is 1.66. The van der Waals surface area contributed by atoms with Crippen molar-refractivity contribution in [3.05, 3.63) is 23.3 Å². The van der Waals surface area contributed by atoms with Crippen molar-refractivity contribution in [3.63, 3.8) is 0 Å². The highest BCUT2D eigenvalue weighted by molar-refractivity contribution is 5.26. The minimum atomic E-state index is 0.830. The van der Waals surface area contributed by atoms with Gasteiger partial charge in [-0.25, -0.2) is 0 Å². The van der Waals surface area contributed by atoms with Crippen LogP contribution in [0.15, 0.2) is 23.3 Å². The second-order valence-corrected chi connectivity index (χ2v) is 13.5. The van der Waals surface area contributed by atoms with Gasteiger partial charge in [0.2, 0.25) is 0 Å². The van der Waals surface area contributed by atoms with E-state index in [4.69, 9.17) is 0 Å². The lowest BCUT2D eigenvalue weighted by atomic mass is 9.70. The Labute approximate surface area is 238 Å². The van der Waals surface area contributed by atoms with Crippen LogP contribution in [0.2, 0.25) is 0 Å². The van der Waals surface area contributed by atoms with Crippen LogP contribution in [-0.2, 0) is 0 Å². The monoisotopic (exact) mass is 525 g/mol. The van der Waals surface area contributed by atoms with Crippen LogP contribution in [-0.4, -0.2) is 48.1 Å². The predicted octanol–water partition coefficient (Wildman–Crippen LogP) is 9.80. The van der Waals surface area contributed by atoms with Crippen LogP contribution in [0.4, 0.5) is 0 Å². The van der Waals surface area contributed by atoms with Crippen LogP contribution in [0.1, 0.15) is 143 Å². The van der Waals surface area contributed by atoms with Crippen molar-refractivity contribution in [1.82, 2.24) is 9.80 Å². The van der Waals surface area contributed by atoms with E-state index < -0.39 is 0 Å². The minimum absolute atomic E-state index is 0.830. The molecule has 218 valence electrons. The highest BCUT2D eigenvalue weighted by atomic mass is 15.1. The van der Waals surface area contributed by atoms with Gasteiger partial charge in [0.25, 0.3) is 0 Å². The highest BCUT2D eigenvalue weighted by Gasteiger charge is 2.33. The first kappa shape index (κ1) is 30.4. The molecule has 0 aromatic heterocycles. The Morgan fingerprint density at radius 3 is 1.00 bits per heavy atom. The van der Waals surface area contributed by atoms with E-state index >= 15 is 0 Å². The molecule has 0 radical (unpaired) electrons. The Hall–Kier alpha value is -0.600. The van der Waals surface area contributed by atoms with Gasteiger partial charge in [0.1, 0.15) is 0 Å². The average Bonchev–Trinajstić information content (AvgIpc) is 2.99. The molecule has 0 heterocycles. The zero-order valence-corrected chi connectivity index (χ0v) is 26.1. The normalized spacial score (nSPS) is 29.9. The Bertz CT molecular complexity index is 648. The van der Waals surface area contributed by atoms with Gasteiger partial charge in [-0.1, -0.05) is 89.5 Å². The molecule has 4 fully saturated rings. The lowest BCUT2D eigenvalue weighted by molar-refractivity contribution is 0.139.